The SMILES string of the molecule is COc1ccc(-c2nc(NC(=O)c3ccc4c(=O)n5c(nc4c3)CCC5)sc2C)cc1. The maximum Gasteiger partial charge on any atom is 0.261 e. The number of hydrogen-bond donors (Lipinski definition) is 1. The lowest BCUT2D eigenvalue weighted by Gasteiger charge is -2.07. The van der Waals surface area contributed by atoms with E-state index in [2.05, 4.69) is 15.3 Å². The number of ether oxygens (including phenoxy) is 1. The number of thiazole rings is 1. The number of aromatic nitrogens is 3. The molecular weight excluding hydrogens is 412 g/mol. The number of rotatable bonds is 4. The minimum absolute atomic E-state index is 0.0378. The van der Waals surface area contributed by atoms with Crippen molar-refractivity contribution in [2.75, 3.05) is 12.4 Å². The average Bonchev–Trinajstić information content (AvgIpc) is 3.40. The van der Waals surface area contributed by atoms with E-state index in [4.69, 9.17) is 4.74 Å². The predicted octanol–water partition coefficient (Wildman–Crippen LogP) is 4.04. The van der Waals surface area contributed by atoms with E-state index < -0.39 is 0 Å². The summed E-state index contributed by atoms with van der Waals surface area (Å²) in [4.78, 5) is 35.7. The molecule has 8 heteroatoms. The number of methoxy groups -OCH3 is 1. The van der Waals surface area contributed by atoms with E-state index >= 15 is 0 Å². The summed E-state index contributed by atoms with van der Waals surface area (Å²) in [6, 6.07) is 12.7. The zero-order valence-corrected chi connectivity index (χ0v) is 18.0. The average molecular weight is 433 g/mol. The number of carbonyl (C=O) groups is 1. The fraction of sp³-hybridized carbons (Fsp3) is 0.217. The molecule has 0 atom stereocenters. The second-order valence-electron chi connectivity index (χ2n) is 7.43. The molecule has 0 spiro atoms. The third kappa shape index (κ3) is 3.48. The van der Waals surface area contributed by atoms with Crippen LogP contribution in [0.4, 0.5) is 5.13 Å². The summed E-state index contributed by atoms with van der Waals surface area (Å²) in [5.74, 6) is 1.29. The van der Waals surface area contributed by atoms with Crippen molar-refractivity contribution in [3.05, 3.63) is 69.1 Å². The van der Waals surface area contributed by atoms with E-state index in [0.717, 1.165) is 40.6 Å². The summed E-state index contributed by atoms with van der Waals surface area (Å²) >= 11 is 1.42. The maximum atomic E-state index is 12.8. The van der Waals surface area contributed by atoms with Gasteiger partial charge in [-0.05, 0) is 55.8 Å². The van der Waals surface area contributed by atoms with Gasteiger partial charge in [-0.25, -0.2) is 9.97 Å². The van der Waals surface area contributed by atoms with E-state index in [0.29, 0.717) is 28.1 Å². The molecule has 0 saturated heterocycles. The van der Waals surface area contributed by atoms with E-state index in [9.17, 15) is 9.59 Å². The van der Waals surface area contributed by atoms with E-state index in [1.54, 1.807) is 29.9 Å². The minimum atomic E-state index is -0.278. The standard InChI is InChI=1S/C23H20N4O3S/c1-13-20(14-5-8-16(30-2)9-6-14)25-23(31-13)26-21(28)15-7-10-17-18(12-15)24-19-4-3-11-27(19)22(17)29/h5-10,12H,3-4,11H2,1-2H3,(H,25,26,28). The molecular formula is C23H20N4O3S. The Morgan fingerprint density at radius 2 is 1.97 bits per heavy atom. The molecule has 3 heterocycles. The Balaban J connectivity index is 1.42. The molecule has 31 heavy (non-hydrogen) atoms. The van der Waals surface area contributed by atoms with E-state index in [1.807, 2.05) is 31.2 Å². The van der Waals surface area contributed by atoms with Crippen LogP contribution in [0, 0.1) is 6.92 Å². The molecule has 1 N–H and O–H groups in total. The molecule has 2 aromatic carbocycles. The van der Waals surface area contributed by atoms with Crippen molar-refractivity contribution in [1.82, 2.24) is 14.5 Å². The molecule has 1 aliphatic heterocycles. The second-order valence-corrected chi connectivity index (χ2v) is 8.63. The third-order valence-electron chi connectivity index (χ3n) is 5.46. The summed E-state index contributed by atoms with van der Waals surface area (Å²) in [6.07, 6.45) is 1.71. The molecule has 4 aromatic rings. The molecule has 0 fully saturated rings. The Labute approximate surface area is 182 Å². The highest BCUT2D eigenvalue weighted by atomic mass is 32.1. The molecule has 7 nitrogen and oxygen atoms in total. The van der Waals surface area contributed by atoms with Crippen LogP contribution in [0.5, 0.6) is 5.75 Å². The normalized spacial score (nSPS) is 12.7. The Hall–Kier alpha value is -3.52. The molecule has 0 bridgehead atoms. The monoisotopic (exact) mass is 432 g/mol. The number of nitrogens with zero attached hydrogens (tertiary/aromatic N) is 3. The molecule has 1 amide bonds. The number of hydrogen-bond acceptors (Lipinski definition) is 6. The summed E-state index contributed by atoms with van der Waals surface area (Å²) in [5, 5.41) is 3.94. The largest absolute Gasteiger partial charge is 0.497 e. The van der Waals surface area contributed by atoms with Gasteiger partial charge in [0.05, 0.1) is 23.7 Å². The van der Waals surface area contributed by atoms with Crippen LogP contribution in [0.1, 0.15) is 27.5 Å². The quantitative estimate of drug-likeness (QED) is 0.526. The predicted molar refractivity (Wildman–Crippen MR) is 121 cm³/mol. The number of nitrogens with one attached hydrogen (secondary N) is 1. The van der Waals surface area contributed by atoms with Gasteiger partial charge in [-0.2, -0.15) is 0 Å². The van der Waals surface area contributed by atoms with Crippen molar-refractivity contribution in [1.29, 1.82) is 0 Å². The second kappa shape index (κ2) is 7.63. The highest BCUT2D eigenvalue weighted by Gasteiger charge is 2.18. The van der Waals surface area contributed by atoms with Gasteiger partial charge in [-0.15, -0.1) is 11.3 Å². The highest BCUT2D eigenvalue weighted by molar-refractivity contribution is 7.16. The van der Waals surface area contributed by atoms with Crippen LogP contribution in [0.3, 0.4) is 0 Å². The number of fused-ring (bicyclic) bond motifs is 2. The van der Waals surface area contributed by atoms with Gasteiger partial charge < -0.3 is 4.74 Å². The zero-order chi connectivity index (χ0) is 21.5. The van der Waals surface area contributed by atoms with Crippen LogP contribution in [0.2, 0.25) is 0 Å². The van der Waals surface area contributed by atoms with Crippen molar-refractivity contribution >= 4 is 33.3 Å². The first-order chi connectivity index (χ1) is 15.0. The fourth-order valence-corrected chi connectivity index (χ4v) is 4.69. The Kier molecular flexibility index (Phi) is 4.78. The fourth-order valence-electron chi connectivity index (χ4n) is 3.86. The molecule has 1 aliphatic rings. The zero-order valence-electron chi connectivity index (χ0n) is 17.1. The smallest absolute Gasteiger partial charge is 0.261 e. The van der Waals surface area contributed by atoms with Crippen LogP contribution in [-0.2, 0) is 13.0 Å². The van der Waals surface area contributed by atoms with Gasteiger partial charge in [0, 0.05) is 29.0 Å². The minimum Gasteiger partial charge on any atom is -0.497 e. The van der Waals surface area contributed by atoms with Crippen LogP contribution < -0.4 is 15.6 Å². The van der Waals surface area contributed by atoms with Gasteiger partial charge in [0.25, 0.3) is 11.5 Å². The van der Waals surface area contributed by atoms with Crippen molar-refractivity contribution in [3.8, 4) is 17.0 Å². The van der Waals surface area contributed by atoms with Gasteiger partial charge in [-0.3, -0.25) is 19.5 Å². The Morgan fingerprint density at radius 1 is 1.16 bits per heavy atom. The number of amides is 1. The number of benzene rings is 2. The Morgan fingerprint density at radius 3 is 2.74 bits per heavy atom. The van der Waals surface area contributed by atoms with Gasteiger partial charge in [0.1, 0.15) is 11.6 Å². The molecule has 0 radical (unpaired) electrons. The van der Waals surface area contributed by atoms with Gasteiger partial charge in [-0.1, -0.05) is 0 Å². The van der Waals surface area contributed by atoms with E-state index in [1.165, 1.54) is 11.3 Å². The van der Waals surface area contributed by atoms with Gasteiger partial charge in [0.2, 0.25) is 0 Å². The van der Waals surface area contributed by atoms with Gasteiger partial charge >= 0.3 is 0 Å². The molecule has 2 aromatic heterocycles. The molecule has 0 unspecified atom stereocenters. The summed E-state index contributed by atoms with van der Waals surface area (Å²) in [7, 11) is 1.63. The number of carbonyl (C=O) groups excluding carboxylic acids is 1. The van der Waals surface area contributed by atoms with Crippen molar-refractivity contribution in [2.24, 2.45) is 0 Å². The molecule has 0 aliphatic carbocycles. The van der Waals surface area contributed by atoms with E-state index in [-0.39, 0.29) is 11.5 Å². The Bertz CT molecular complexity index is 1370. The van der Waals surface area contributed by atoms with Crippen LogP contribution in [0.15, 0.2) is 47.3 Å². The molecule has 5 rings (SSSR count). The van der Waals surface area contributed by atoms with Crippen LogP contribution in [-0.4, -0.2) is 27.6 Å². The first kappa shape index (κ1) is 19.4. The number of aryl methyl sites for hydroxylation is 2. The van der Waals surface area contributed by atoms with Crippen molar-refractivity contribution < 1.29 is 9.53 Å². The van der Waals surface area contributed by atoms with Crippen molar-refractivity contribution in [2.45, 2.75) is 26.3 Å². The van der Waals surface area contributed by atoms with Crippen LogP contribution >= 0.6 is 11.3 Å². The summed E-state index contributed by atoms with van der Waals surface area (Å²) < 4.78 is 6.93. The van der Waals surface area contributed by atoms with Gasteiger partial charge in [0.15, 0.2) is 5.13 Å². The summed E-state index contributed by atoms with van der Waals surface area (Å²) in [6.45, 7) is 2.68. The van der Waals surface area contributed by atoms with Crippen LogP contribution in [0.25, 0.3) is 22.2 Å². The first-order valence-electron chi connectivity index (χ1n) is 10.00. The molecule has 0 saturated carbocycles. The lowest BCUT2D eigenvalue weighted by molar-refractivity contribution is 0.102. The summed E-state index contributed by atoms with van der Waals surface area (Å²) in [5.41, 5.74) is 2.75. The lowest BCUT2D eigenvalue weighted by Crippen LogP contribution is -2.21. The third-order valence-corrected chi connectivity index (χ3v) is 6.35. The lowest BCUT2D eigenvalue weighted by atomic mass is 10.1. The first-order valence-corrected chi connectivity index (χ1v) is 10.8. The topological polar surface area (TPSA) is 86.1 Å². The number of anilines is 1. The van der Waals surface area contributed by atoms with Crippen molar-refractivity contribution in [3.63, 3.8) is 0 Å². The maximum absolute atomic E-state index is 12.8. The highest BCUT2D eigenvalue weighted by Crippen LogP contribution is 2.31. The molecule has 156 valence electrons.